The average molecular weight is 311 g/mol. The van der Waals surface area contributed by atoms with E-state index in [1.165, 1.54) is 7.11 Å². The molecule has 0 aliphatic rings. The van der Waals surface area contributed by atoms with Crippen LogP contribution in [0.5, 0.6) is 0 Å². The number of fused-ring (bicyclic) bond motifs is 1. The number of ether oxygens (including phenoxy) is 1. The molecule has 0 bridgehead atoms. The predicted octanol–water partition coefficient (Wildman–Crippen LogP) is 2.65. The molecular formula is C17H17N3O3. The Morgan fingerprint density at radius 2 is 2.00 bits per heavy atom. The molecule has 0 radical (unpaired) electrons. The van der Waals surface area contributed by atoms with Crippen molar-refractivity contribution >= 4 is 22.8 Å². The fourth-order valence-electron chi connectivity index (χ4n) is 2.81. The lowest BCUT2D eigenvalue weighted by Gasteiger charge is -2.04. The number of hydrogen-bond donors (Lipinski definition) is 1. The molecule has 2 heterocycles. The number of hydrogen-bond acceptors (Lipinski definition) is 4. The molecule has 6 heteroatoms. The van der Waals surface area contributed by atoms with Gasteiger partial charge in [-0.3, -0.25) is 4.79 Å². The van der Waals surface area contributed by atoms with E-state index in [4.69, 9.17) is 4.74 Å². The maximum atomic E-state index is 12.6. The number of carbonyl (C=O) groups excluding carboxylic acids is 2. The van der Waals surface area contributed by atoms with Crippen molar-refractivity contribution in [3.05, 3.63) is 53.1 Å². The SMILES string of the molecule is COC(=O)c1c(C)[nH]c(C(=O)Cn2cnc3ccccc32)c1C. The van der Waals surface area contributed by atoms with Gasteiger partial charge in [0.05, 0.1) is 42.3 Å². The quantitative estimate of drug-likeness (QED) is 0.593. The highest BCUT2D eigenvalue weighted by molar-refractivity contribution is 6.01. The van der Waals surface area contributed by atoms with Gasteiger partial charge in [0.25, 0.3) is 0 Å². The number of carbonyl (C=O) groups is 2. The minimum Gasteiger partial charge on any atom is -0.465 e. The maximum absolute atomic E-state index is 12.6. The summed E-state index contributed by atoms with van der Waals surface area (Å²) in [6.07, 6.45) is 1.65. The van der Waals surface area contributed by atoms with Crippen LogP contribution in [0.4, 0.5) is 0 Å². The topological polar surface area (TPSA) is 77.0 Å². The molecule has 6 nitrogen and oxygen atoms in total. The number of rotatable bonds is 4. The van der Waals surface area contributed by atoms with Gasteiger partial charge in [-0.05, 0) is 31.5 Å². The zero-order chi connectivity index (χ0) is 16.6. The number of imidazole rings is 1. The molecule has 0 aliphatic carbocycles. The molecule has 0 saturated heterocycles. The van der Waals surface area contributed by atoms with Gasteiger partial charge in [-0.2, -0.15) is 0 Å². The minimum absolute atomic E-state index is 0.107. The van der Waals surface area contributed by atoms with Gasteiger partial charge in [0, 0.05) is 5.69 Å². The summed E-state index contributed by atoms with van der Waals surface area (Å²) < 4.78 is 6.57. The average Bonchev–Trinajstić information content (AvgIpc) is 3.08. The number of para-hydroxylation sites is 2. The van der Waals surface area contributed by atoms with Gasteiger partial charge in [0.1, 0.15) is 0 Å². The number of esters is 1. The molecule has 23 heavy (non-hydrogen) atoms. The third kappa shape index (κ3) is 2.52. The third-order valence-corrected chi connectivity index (χ3v) is 3.95. The van der Waals surface area contributed by atoms with Crippen LogP contribution in [0.15, 0.2) is 30.6 Å². The number of aromatic amines is 1. The van der Waals surface area contributed by atoms with Crippen LogP contribution in [0.2, 0.25) is 0 Å². The van der Waals surface area contributed by atoms with Crippen molar-refractivity contribution < 1.29 is 14.3 Å². The lowest BCUT2D eigenvalue weighted by molar-refractivity contribution is 0.0599. The summed E-state index contributed by atoms with van der Waals surface area (Å²) in [5, 5.41) is 0. The number of H-pyrrole nitrogens is 1. The van der Waals surface area contributed by atoms with E-state index >= 15 is 0 Å². The molecule has 0 saturated carbocycles. The Kier molecular flexibility index (Phi) is 3.73. The Hall–Kier alpha value is -2.89. The molecule has 1 aromatic carbocycles. The van der Waals surface area contributed by atoms with Crippen LogP contribution in [0.1, 0.15) is 32.1 Å². The summed E-state index contributed by atoms with van der Waals surface area (Å²) in [6, 6.07) is 7.63. The lowest BCUT2D eigenvalue weighted by Crippen LogP contribution is -2.11. The highest BCUT2D eigenvalue weighted by Crippen LogP contribution is 2.20. The van der Waals surface area contributed by atoms with E-state index in [0.29, 0.717) is 22.5 Å². The number of nitrogens with one attached hydrogen (secondary N) is 1. The van der Waals surface area contributed by atoms with Crippen molar-refractivity contribution in [2.24, 2.45) is 0 Å². The molecule has 0 spiro atoms. The maximum Gasteiger partial charge on any atom is 0.339 e. The van der Waals surface area contributed by atoms with E-state index < -0.39 is 5.97 Å². The Labute approximate surface area is 133 Å². The number of Topliss-reactive ketones (excluding diaryl/α,β-unsaturated/α-hetero) is 1. The molecule has 0 fully saturated rings. The van der Waals surface area contributed by atoms with Crippen molar-refractivity contribution in [2.45, 2.75) is 20.4 Å². The zero-order valence-electron chi connectivity index (χ0n) is 13.2. The number of aromatic nitrogens is 3. The number of ketones is 1. The van der Waals surface area contributed by atoms with Gasteiger partial charge in [0.2, 0.25) is 0 Å². The second-order valence-electron chi connectivity index (χ2n) is 5.40. The van der Waals surface area contributed by atoms with Crippen LogP contribution in [-0.4, -0.2) is 33.4 Å². The van der Waals surface area contributed by atoms with E-state index in [1.807, 2.05) is 24.3 Å². The smallest absolute Gasteiger partial charge is 0.339 e. The van der Waals surface area contributed by atoms with Crippen LogP contribution in [0, 0.1) is 13.8 Å². The molecule has 1 N–H and O–H groups in total. The van der Waals surface area contributed by atoms with Gasteiger partial charge >= 0.3 is 5.97 Å². The number of aryl methyl sites for hydroxylation is 1. The fourth-order valence-corrected chi connectivity index (χ4v) is 2.81. The first kappa shape index (κ1) is 15.0. The van der Waals surface area contributed by atoms with Crippen LogP contribution < -0.4 is 0 Å². The Morgan fingerprint density at radius 3 is 2.74 bits per heavy atom. The van der Waals surface area contributed by atoms with Gasteiger partial charge in [0.15, 0.2) is 5.78 Å². The zero-order valence-corrected chi connectivity index (χ0v) is 13.2. The monoisotopic (exact) mass is 311 g/mol. The highest BCUT2D eigenvalue weighted by atomic mass is 16.5. The van der Waals surface area contributed by atoms with Crippen LogP contribution in [-0.2, 0) is 11.3 Å². The molecule has 0 aliphatic heterocycles. The van der Waals surface area contributed by atoms with Crippen LogP contribution >= 0.6 is 0 Å². The standard InChI is InChI=1S/C17H17N3O3/c1-10-15(17(22)23-3)11(2)19-16(10)14(21)8-20-9-18-12-6-4-5-7-13(12)20/h4-7,9,19H,8H2,1-3H3. The minimum atomic E-state index is -0.441. The van der Waals surface area contributed by atoms with Crippen molar-refractivity contribution in [1.29, 1.82) is 0 Å². The first-order chi connectivity index (χ1) is 11.0. The largest absolute Gasteiger partial charge is 0.465 e. The van der Waals surface area contributed by atoms with E-state index in [9.17, 15) is 9.59 Å². The fraction of sp³-hybridized carbons (Fsp3) is 0.235. The Balaban J connectivity index is 1.94. The summed E-state index contributed by atoms with van der Waals surface area (Å²) in [4.78, 5) is 31.7. The summed E-state index contributed by atoms with van der Waals surface area (Å²) in [5.41, 5.74) is 3.84. The molecule has 3 rings (SSSR count). The summed E-state index contributed by atoms with van der Waals surface area (Å²) in [5.74, 6) is -0.549. The number of benzene rings is 1. The van der Waals surface area contributed by atoms with E-state index in [1.54, 1.807) is 24.7 Å². The third-order valence-electron chi connectivity index (χ3n) is 3.95. The number of nitrogens with zero attached hydrogens (tertiary/aromatic N) is 2. The second-order valence-corrected chi connectivity index (χ2v) is 5.40. The molecule has 118 valence electrons. The van der Waals surface area contributed by atoms with E-state index in [2.05, 4.69) is 9.97 Å². The molecule has 0 unspecified atom stereocenters. The summed E-state index contributed by atoms with van der Waals surface area (Å²) in [6.45, 7) is 3.65. The molecule has 3 aromatic rings. The summed E-state index contributed by atoms with van der Waals surface area (Å²) >= 11 is 0. The highest BCUT2D eigenvalue weighted by Gasteiger charge is 2.22. The second kappa shape index (κ2) is 5.72. The van der Waals surface area contributed by atoms with Crippen LogP contribution in [0.25, 0.3) is 11.0 Å². The Bertz CT molecular complexity index is 905. The van der Waals surface area contributed by atoms with Crippen molar-refractivity contribution in [2.75, 3.05) is 7.11 Å². The number of methoxy groups -OCH3 is 1. The molecule has 0 amide bonds. The van der Waals surface area contributed by atoms with Crippen molar-refractivity contribution in [1.82, 2.24) is 14.5 Å². The Morgan fingerprint density at radius 1 is 1.26 bits per heavy atom. The first-order valence-corrected chi connectivity index (χ1v) is 7.23. The van der Waals surface area contributed by atoms with Crippen LogP contribution in [0.3, 0.4) is 0 Å². The molecule has 2 aromatic heterocycles. The first-order valence-electron chi connectivity index (χ1n) is 7.23. The normalized spacial score (nSPS) is 10.9. The molecular weight excluding hydrogens is 294 g/mol. The van der Waals surface area contributed by atoms with E-state index in [-0.39, 0.29) is 12.3 Å². The van der Waals surface area contributed by atoms with Gasteiger partial charge in [-0.15, -0.1) is 0 Å². The van der Waals surface area contributed by atoms with Crippen molar-refractivity contribution in [3.8, 4) is 0 Å². The lowest BCUT2D eigenvalue weighted by atomic mass is 10.1. The van der Waals surface area contributed by atoms with Crippen molar-refractivity contribution in [3.63, 3.8) is 0 Å². The predicted molar refractivity (Wildman–Crippen MR) is 85.7 cm³/mol. The van der Waals surface area contributed by atoms with E-state index in [0.717, 1.165) is 11.0 Å². The molecule has 0 atom stereocenters. The van der Waals surface area contributed by atoms with Gasteiger partial charge in [-0.25, -0.2) is 9.78 Å². The summed E-state index contributed by atoms with van der Waals surface area (Å²) in [7, 11) is 1.33. The van der Waals surface area contributed by atoms with Gasteiger partial charge < -0.3 is 14.3 Å². The van der Waals surface area contributed by atoms with Gasteiger partial charge in [-0.1, -0.05) is 12.1 Å².